The first-order chi connectivity index (χ1) is 7.28. The fraction of sp³-hybridized carbons (Fsp3) is 0.400. The smallest absolute Gasteiger partial charge is 0.451 e. The highest BCUT2D eigenvalue weighted by atomic mass is 16.3. The van der Waals surface area contributed by atoms with Gasteiger partial charge < -0.3 is 9.73 Å². The van der Waals surface area contributed by atoms with Crippen molar-refractivity contribution in [2.75, 3.05) is 26.2 Å². The third kappa shape index (κ3) is 1.71. The highest BCUT2D eigenvalue weighted by molar-refractivity contribution is 5.89. The second kappa shape index (κ2) is 3.96. The maximum Gasteiger partial charge on any atom is 0.451 e. The van der Waals surface area contributed by atoms with E-state index < -0.39 is 0 Å². The van der Waals surface area contributed by atoms with Crippen molar-refractivity contribution in [3.05, 3.63) is 24.2 Å². The fourth-order valence-corrected chi connectivity index (χ4v) is 1.72. The number of imide groups is 1. The van der Waals surface area contributed by atoms with Crippen LogP contribution in [0.15, 0.2) is 22.8 Å². The molecular formula is C10H12N2O3+. The second-order valence-electron chi connectivity index (χ2n) is 3.54. The largest absolute Gasteiger partial charge is 0.455 e. The Balaban J connectivity index is 2.26. The van der Waals surface area contributed by atoms with Gasteiger partial charge in [0.1, 0.15) is 13.1 Å². The molecule has 79 valence electrons. The molecule has 1 fully saturated rings. The molecule has 1 saturated heterocycles. The number of hydrogen-bond acceptors (Lipinski definition) is 4. The molecule has 0 unspecified atom stereocenters. The first kappa shape index (κ1) is 10.1. The van der Waals surface area contributed by atoms with Crippen LogP contribution in [0.25, 0.3) is 0 Å². The van der Waals surface area contributed by atoms with Crippen molar-refractivity contribution in [1.82, 2.24) is 5.32 Å². The molecule has 1 aromatic heterocycles. The van der Waals surface area contributed by atoms with Gasteiger partial charge in [0.15, 0.2) is 0 Å². The summed E-state index contributed by atoms with van der Waals surface area (Å²) in [5.41, 5.74) is 0. The lowest BCUT2D eigenvalue weighted by Crippen LogP contribution is -2.60. The van der Waals surface area contributed by atoms with Crippen molar-refractivity contribution in [3.63, 3.8) is 0 Å². The summed E-state index contributed by atoms with van der Waals surface area (Å²) in [5.74, 6) is -0.0863. The highest BCUT2D eigenvalue weighted by Gasteiger charge is 2.42. The molecule has 1 radical (unpaired) electrons. The summed E-state index contributed by atoms with van der Waals surface area (Å²) < 4.78 is 4.72. The predicted molar refractivity (Wildman–Crippen MR) is 51.6 cm³/mol. The van der Waals surface area contributed by atoms with Crippen LogP contribution in [-0.2, 0) is 4.79 Å². The van der Waals surface area contributed by atoms with E-state index in [9.17, 15) is 9.59 Å². The SMILES string of the molecule is O=[C][N+]1(C(=O)c2ccco2)CCNCC1. The van der Waals surface area contributed by atoms with Gasteiger partial charge in [-0.15, -0.1) is 0 Å². The zero-order valence-electron chi connectivity index (χ0n) is 8.23. The number of carbonyl (C=O) groups excluding carboxylic acids is 2. The third-order valence-electron chi connectivity index (χ3n) is 2.64. The third-order valence-corrected chi connectivity index (χ3v) is 2.64. The van der Waals surface area contributed by atoms with Gasteiger partial charge in [-0.1, -0.05) is 0 Å². The monoisotopic (exact) mass is 208 g/mol. The van der Waals surface area contributed by atoms with Crippen LogP contribution in [0.1, 0.15) is 10.6 Å². The lowest BCUT2D eigenvalue weighted by atomic mass is 10.2. The summed E-state index contributed by atoms with van der Waals surface area (Å²) in [5, 5.41) is 3.10. The van der Waals surface area contributed by atoms with Crippen LogP contribution in [0.2, 0.25) is 0 Å². The molecule has 5 heteroatoms. The lowest BCUT2D eigenvalue weighted by Gasteiger charge is -2.30. The van der Waals surface area contributed by atoms with Gasteiger partial charge in [0.2, 0.25) is 5.76 Å². The van der Waals surface area contributed by atoms with E-state index in [1.165, 1.54) is 6.26 Å². The molecule has 2 rings (SSSR count). The average Bonchev–Trinajstić information content (AvgIpc) is 2.82. The minimum Gasteiger partial charge on any atom is -0.455 e. The molecule has 0 aromatic carbocycles. The van der Waals surface area contributed by atoms with E-state index in [2.05, 4.69) is 5.32 Å². The van der Waals surface area contributed by atoms with Crippen LogP contribution in [0, 0.1) is 0 Å². The van der Waals surface area contributed by atoms with Crippen molar-refractivity contribution < 1.29 is 18.5 Å². The minimum absolute atomic E-state index is 0.222. The molecule has 2 heterocycles. The van der Waals surface area contributed by atoms with Gasteiger partial charge in [-0.2, -0.15) is 4.48 Å². The van der Waals surface area contributed by atoms with Gasteiger partial charge in [-0.05, 0) is 12.1 Å². The van der Waals surface area contributed by atoms with Crippen LogP contribution < -0.4 is 5.32 Å². The number of quaternary nitrogens is 1. The van der Waals surface area contributed by atoms with Crippen LogP contribution in [0.3, 0.4) is 0 Å². The number of piperazine rings is 1. The molecule has 0 atom stereocenters. The Morgan fingerprint density at radius 2 is 2.20 bits per heavy atom. The van der Waals surface area contributed by atoms with Crippen LogP contribution >= 0.6 is 0 Å². The molecule has 1 aliphatic heterocycles. The molecule has 0 spiro atoms. The molecule has 1 N–H and O–H groups in total. The molecule has 1 aliphatic rings. The van der Waals surface area contributed by atoms with Gasteiger partial charge in [0, 0.05) is 13.1 Å². The summed E-state index contributed by atoms with van der Waals surface area (Å²) in [6.07, 6.45) is 3.27. The van der Waals surface area contributed by atoms with Crippen molar-refractivity contribution in [2.24, 2.45) is 0 Å². The molecule has 2 amide bonds. The average molecular weight is 208 g/mol. The molecule has 15 heavy (non-hydrogen) atoms. The van der Waals surface area contributed by atoms with Crippen molar-refractivity contribution in [3.8, 4) is 0 Å². The first-order valence-electron chi connectivity index (χ1n) is 4.84. The normalized spacial score (nSPS) is 19.7. The van der Waals surface area contributed by atoms with Gasteiger partial charge in [0.25, 0.3) is 0 Å². The van der Waals surface area contributed by atoms with E-state index in [1.54, 1.807) is 12.1 Å². The summed E-state index contributed by atoms with van der Waals surface area (Å²) in [6.45, 7) is 2.15. The minimum atomic E-state index is -0.309. The van der Waals surface area contributed by atoms with E-state index in [4.69, 9.17) is 4.42 Å². The van der Waals surface area contributed by atoms with Gasteiger partial charge >= 0.3 is 12.3 Å². The maximum absolute atomic E-state index is 12.0. The Labute approximate surface area is 87.3 Å². The number of furan rings is 1. The number of hydrogen-bond donors (Lipinski definition) is 1. The van der Waals surface area contributed by atoms with Crippen LogP contribution in [-0.4, -0.2) is 43.0 Å². The van der Waals surface area contributed by atoms with Crippen molar-refractivity contribution in [2.45, 2.75) is 0 Å². The standard InChI is InChI=1S/C10H12N2O3/c13-8-12(5-3-11-4-6-12)10(14)9-2-1-7-15-9/h1-2,7,11H,3-6H2/q+1. The highest BCUT2D eigenvalue weighted by Crippen LogP contribution is 2.14. The molecular weight excluding hydrogens is 196 g/mol. The maximum atomic E-state index is 12.0. The Morgan fingerprint density at radius 3 is 2.73 bits per heavy atom. The molecule has 1 aromatic rings. The van der Waals surface area contributed by atoms with E-state index in [0.717, 1.165) is 0 Å². The first-order valence-corrected chi connectivity index (χ1v) is 4.84. The summed E-state index contributed by atoms with van der Waals surface area (Å²) in [6, 6.07) is 3.21. The Hall–Kier alpha value is -1.46. The van der Waals surface area contributed by atoms with Gasteiger partial charge in [0.05, 0.1) is 6.26 Å². The van der Waals surface area contributed by atoms with Crippen molar-refractivity contribution in [1.29, 1.82) is 0 Å². The number of nitrogens with zero attached hydrogens (tertiary/aromatic N) is 1. The number of nitrogens with one attached hydrogen (secondary N) is 1. The van der Waals surface area contributed by atoms with Crippen LogP contribution in [0.4, 0.5) is 0 Å². The Morgan fingerprint density at radius 1 is 1.47 bits per heavy atom. The summed E-state index contributed by atoms with van der Waals surface area (Å²) in [4.78, 5) is 23.0. The number of carbonyl (C=O) groups is 1. The molecule has 0 bridgehead atoms. The quantitative estimate of drug-likeness (QED) is 0.690. The number of rotatable bonds is 2. The van der Waals surface area contributed by atoms with E-state index in [0.29, 0.717) is 26.2 Å². The zero-order chi connectivity index (χ0) is 10.7. The fourth-order valence-electron chi connectivity index (χ4n) is 1.72. The van der Waals surface area contributed by atoms with Crippen LogP contribution in [0.5, 0.6) is 0 Å². The second-order valence-corrected chi connectivity index (χ2v) is 3.54. The zero-order valence-corrected chi connectivity index (χ0v) is 8.23. The van der Waals surface area contributed by atoms with Gasteiger partial charge in [-0.3, -0.25) is 0 Å². The van der Waals surface area contributed by atoms with E-state index >= 15 is 0 Å². The Bertz CT molecular complexity index is 353. The topological polar surface area (TPSA) is 59.3 Å². The number of amides is 2. The lowest BCUT2D eigenvalue weighted by molar-refractivity contribution is -0.757. The predicted octanol–water partition coefficient (Wildman–Crippen LogP) is -0.0930. The summed E-state index contributed by atoms with van der Waals surface area (Å²) >= 11 is 0. The molecule has 5 nitrogen and oxygen atoms in total. The Kier molecular flexibility index (Phi) is 2.66. The van der Waals surface area contributed by atoms with E-state index in [1.807, 2.05) is 6.41 Å². The van der Waals surface area contributed by atoms with Gasteiger partial charge in [-0.25, -0.2) is 9.59 Å². The van der Waals surface area contributed by atoms with E-state index in [-0.39, 0.29) is 16.2 Å². The molecule has 0 saturated carbocycles. The molecule has 0 aliphatic carbocycles. The van der Waals surface area contributed by atoms with Crippen molar-refractivity contribution >= 4 is 12.3 Å². The summed E-state index contributed by atoms with van der Waals surface area (Å²) in [7, 11) is 0.